The van der Waals surface area contributed by atoms with Crippen molar-refractivity contribution in [3.05, 3.63) is 28.0 Å². The summed E-state index contributed by atoms with van der Waals surface area (Å²) in [6.45, 7) is 0.0997. The van der Waals surface area contributed by atoms with Gasteiger partial charge in [0, 0.05) is 11.0 Å². The lowest BCUT2D eigenvalue weighted by molar-refractivity contribution is 0.0997. The summed E-state index contributed by atoms with van der Waals surface area (Å²) in [5, 5.41) is 11.3. The van der Waals surface area contributed by atoms with Crippen molar-refractivity contribution in [2.75, 3.05) is 18.5 Å². The molecule has 0 unspecified atom stereocenters. The Morgan fingerprint density at radius 2 is 2.27 bits per heavy atom. The van der Waals surface area contributed by atoms with Gasteiger partial charge < -0.3 is 16.2 Å². The van der Waals surface area contributed by atoms with E-state index in [1.54, 1.807) is 0 Å². The van der Waals surface area contributed by atoms with Crippen molar-refractivity contribution >= 4 is 27.5 Å². The lowest BCUT2D eigenvalue weighted by atomic mass is 10.1. The number of aliphatic hydroxyl groups excluding tert-OH is 1. The van der Waals surface area contributed by atoms with Crippen molar-refractivity contribution in [2.24, 2.45) is 5.73 Å². The minimum Gasteiger partial charge on any atom is -0.395 e. The summed E-state index contributed by atoms with van der Waals surface area (Å²) in [6.07, 6.45) is 0. The van der Waals surface area contributed by atoms with Gasteiger partial charge in [-0.05, 0) is 12.1 Å². The number of carbonyl (C=O) groups excluding carboxylic acids is 1. The summed E-state index contributed by atoms with van der Waals surface area (Å²) < 4.78 is 13.8. The van der Waals surface area contributed by atoms with Crippen molar-refractivity contribution in [3.8, 4) is 0 Å². The number of anilines is 1. The maximum Gasteiger partial charge on any atom is 0.253 e. The highest BCUT2D eigenvalue weighted by Gasteiger charge is 2.14. The minimum atomic E-state index is -0.847. The van der Waals surface area contributed by atoms with Crippen LogP contribution in [0.1, 0.15) is 10.4 Å². The number of rotatable bonds is 4. The molecule has 0 spiro atoms. The summed E-state index contributed by atoms with van der Waals surface area (Å²) in [6, 6.07) is 2.68. The third-order valence-electron chi connectivity index (χ3n) is 1.73. The number of hydrogen-bond acceptors (Lipinski definition) is 3. The van der Waals surface area contributed by atoms with Crippen LogP contribution in [-0.2, 0) is 0 Å². The quantitative estimate of drug-likeness (QED) is 0.771. The maximum absolute atomic E-state index is 13.4. The summed E-state index contributed by atoms with van der Waals surface area (Å²) in [5.74, 6) is -1.54. The number of primary amides is 1. The average Bonchev–Trinajstić information content (AvgIpc) is 2.12. The molecule has 6 heteroatoms. The number of nitrogens with one attached hydrogen (secondary N) is 1. The van der Waals surface area contributed by atoms with Gasteiger partial charge in [0.2, 0.25) is 0 Å². The first-order chi connectivity index (χ1) is 7.06. The second-order valence-corrected chi connectivity index (χ2v) is 3.74. The Morgan fingerprint density at radius 1 is 1.60 bits per heavy atom. The molecule has 4 N–H and O–H groups in total. The van der Waals surface area contributed by atoms with E-state index in [9.17, 15) is 9.18 Å². The zero-order chi connectivity index (χ0) is 11.4. The van der Waals surface area contributed by atoms with Gasteiger partial charge >= 0.3 is 0 Å². The molecule has 0 atom stereocenters. The van der Waals surface area contributed by atoms with E-state index in [1.807, 2.05) is 0 Å². The monoisotopic (exact) mass is 276 g/mol. The Balaban J connectivity index is 3.14. The summed E-state index contributed by atoms with van der Waals surface area (Å²) in [7, 11) is 0. The molecular weight excluding hydrogens is 267 g/mol. The second-order valence-electron chi connectivity index (χ2n) is 2.82. The van der Waals surface area contributed by atoms with Crippen LogP contribution in [0.3, 0.4) is 0 Å². The molecule has 0 aromatic heterocycles. The van der Waals surface area contributed by atoms with Crippen LogP contribution < -0.4 is 11.1 Å². The van der Waals surface area contributed by atoms with Crippen molar-refractivity contribution in [2.45, 2.75) is 0 Å². The molecule has 1 aromatic rings. The Bertz CT molecular complexity index is 385. The first-order valence-corrected chi connectivity index (χ1v) is 4.99. The van der Waals surface area contributed by atoms with E-state index in [2.05, 4.69) is 21.2 Å². The molecule has 0 heterocycles. The summed E-state index contributed by atoms with van der Waals surface area (Å²) in [4.78, 5) is 11.0. The van der Waals surface area contributed by atoms with Crippen molar-refractivity contribution < 1.29 is 14.3 Å². The molecule has 0 saturated heterocycles. The molecule has 1 amide bonds. The van der Waals surface area contributed by atoms with Crippen LogP contribution in [0.5, 0.6) is 0 Å². The first-order valence-electron chi connectivity index (χ1n) is 4.20. The molecule has 0 aliphatic rings. The van der Waals surface area contributed by atoms with Gasteiger partial charge in [0.05, 0.1) is 17.9 Å². The van der Waals surface area contributed by atoms with Crippen LogP contribution in [0.25, 0.3) is 0 Å². The van der Waals surface area contributed by atoms with Crippen molar-refractivity contribution in [3.63, 3.8) is 0 Å². The Kier molecular flexibility index (Phi) is 4.05. The highest BCUT2D eigenvalue weighted by molar-refractivity contribution is 9.10. The molecular formula is C9H10BrFN2O2. The zero-order valence-corrected chi connectivity index (χ0v) is 9.34. The van der Waals surface area contributed by atoms with E-state index >= 15 is 0 Å². The van der Waals surface area contributed by atoms with Crippen molar-refractivity contribution in [1.29, 1.82) is 0 Å². The molecule has 0 aliphatic carbocycles. The minimum absolute atomic E-state index is 0.119. The van der Waals surface area contributed by atoms with Crippen LogP contribution >= 0.6 is 15.9 Å². The van der Waals surface area contributed by atoms with Crippen LogP contribution in [0.2, 0.25) is 0 Å². The highest BCUT2D eigenvalue weighted by Crippen LogP contribution is 2.24. The Labute approximate surface area is 94.4 Å². The van der Waals surface area contributed by atoms with E-state index in [0.29, 0.717) is 4.47 Å². The molecule has 1 aromatic carbocycles. The molecule has 0 fully saturated rings. The molecule has 15 heavy (non-hydrogen) atoms. The fraction of sp³-hybridized carbons (Fsp3) is 0.222. The van der Waals surface area contributed by atoms with E-state index in [-0.39, 0.29) is 24.4 Å². The van der Waals surface area contributed by atoms with E-state index < -0.39 is 11.7 Å². The van der Waals surface area contributed by atoms with Crippen LogP contribution in [0, 0.1) is 5.82 Å². The van der Waals surface area contributed by atoms with Crippen LogP contribution in [0.4, 0.5) is 10.1 Å². The largest absolute Gasteiger partial charge is 0.395 e. The van der Waals surface area contributed by atoms with Crippen LogP contribution in [0.15, 0.2) is 16.6 Å². The van der Waals surface area contributed by atoms with E-state index in [4.69, 9.17) is 10.8 Å². The fourth-order valence-electron chi connectivity index (χ4n) is 1.15. The molecule has 0 bridgehead atoms. The predicted molar refractivity (Wildman–Crippen MR) is 58.2 cm³/mol. The number of hydrogen-bond donors (Lipinski definition) is 3. The van der Waals surface area contributed by atoms with Gasteiger partial charge in [-0.15, -0.1) is 0 Å². The third kappa shape index (κ3) is 2.90. The summed E-state index contributed by atoms with van der Waals surface area (Å²) in [5.41, 5.74) is 5.11. The van der Waals surface area contributed by atoms with Gasteiger partial charge in [-0.3, -0.25) is 4.79 Å². The average molecular weight is 277 g/mol. The summed E-state index contributed by atoms with van der Waals surface area (Å²) >= 11 is 3.09. The number of nitrogens with two attached hydrogens (primary N) is 1. The normalized spacial score (nSPS) is 10.1. The number of carbonyl (C=O) groups is 1. The Hall–Kier alpha value is -1.14. The molecule has 82 valence electrons. The van der Waals surface area contributed by atoms with E-state index in [0.717, 1.165) is 6.07 Å². The molecule has 0 saturated carbocycles. The van der Waals surface area contributed by atoms with Gasteiger partial charge in [-0.2, -0.15) is 0 Å². The number of aliphatic hydroxyl groups is 1. The van der Waals surface area contributed by atoms with Gasteiger partial charge in [-0.25, -0.2) is 4.39 Å². The Morgan fingerprint density at radius 3 is 2.80 bits per heavy atom. The smallest absolute Gasteiger partial charge is 0.253 e. The third-order valence-corrected chi connectivity index (χ3v) is 2.19. The van der Waals surface area contributed by atoms with Gasteiger partial charge in [0.25, 0.3) is 5.91 Å². The van der Waals surface area contributed by atoms with Gasteiger partial charge in [-0.1, -0.05) is 15.9 Å². The van der Waals surface area contributed by atoms with Crippen LogP contribution in [-0.4, -0.2) is 24.2 Å². The number of halogens is 2. The topological polar surface area (TPSA) is 75.4 Å². The highest BCUT2D eigenvalue weighted by atomic mass is 79.9. The molecule has 4 nitrogen and oxygen atoms in total. The lowest BCUT2D eigenvalue weighted by Crippen LogP contribution is -2.17. The van der Waals surface area contributed by atoms with Gasteiger partial charge in [0.1, 0.15) is 5.82 Å². The lowest BCUT2D eigenvalue weighted by Gasteiger charge is -2.10. The second kappa shape index (κ2) is 5.09. The van der Waals surface area contributed by atoms with E-state index in [1.165, 1.54) is 6.07 Å². The number of amides is 1. The number of benzene rings is 1. The maximum atomic E-state index is 13.4. The first kappa shape index (κ1) is 11.9. The SMILES string of the molecule is NC(=O)c1c(F)cc(Br)cc1NCCO. The predicted octanol–water partition coefficient (Wildman–Crippen LogP) is 1.09. The zero-order valence-electron chi connectivity index (χ0n) is 7.76. The molecule has 0 aliphatic heterocycles. The standard InChI is InChI=1S/C9H10BrFN2O2/c10-5-3-6(11)8(9(12)15)7(4-5)13-1-2-14/h3-4,13-14H,1-2H2,(H2,12,15). The van der Waals surface area contributed by atoms with Gasteiger partial charge in [0.15, 0.2) is 0 Å². The molecule has 0 radical (unpaired) electrons. The fourth-order valence-corrected chi connectivity index (χ4v) is 1.58. The van der Waals surface area contributed by atoms with Crippen molar-refractivity contribution in [1.82, 2.24) is 0 Å². The molecule has 1 rings (SSSR count).